The topological polar surface area (TPSA) is 32.5 Å². The minimum atomic E-state index is -0.199. The second-order valence-corrected chi connectivity index (χ2v) is 6.28. The van der Waals surface area contributed by atoms with Crippen LogP contribution in [0.4, 0.5) is 10.1 Å². The Morgan fingerprint density at radius 3 is 2.63 bits per heavy atom. The third kappa shape index (κ3) is 2.78. The first-order chi connectivity index (χ1) is 8.95. The van der Waals surface area contributed by atoms with Gasteiger partial charge >= 0.3 is 0 Å². The van der Waals surface area contributed by atoms with Crippen molar-refractivity contribution < 1.29 is 4.39 Å². The van der Waals surface area contributed by atoms with Gasteiger partial charge in [-0.05, 0) is 47.6 Å². The summed E-state index contributed by atoms with van der Waals surface area (Å²) < 4.78 is 14.9. The molecule has 0 aromatic heterocycles. The van der Waals surface area contributed by atoms with Crippen molar-refractivity contribution in [2.45, 2.75) is 19.5 Å². The third-order valence-electron chi connectivity index (χ3n) is 3.94. The fourth-order valence-electron chi connectivity index (χ4n) is 2.80. The maximum Gasteiger partial charge on any atom is 0.160 e. The van der Waals surface area contributed by atoms with Crippen LogP contribution in [0.15, 0.2) is 16.6 Å². The first kappa shape index (κ1) is 14.8. The van der Waals surface area contributed by atoms with Gasteiger partial charge in [0.2, 0.25) is 0 Å². The molecule has 106 valence electrons. The Morgan fingerprint density at radius 1 is 1.42 bits per heavy atom. The van der Waals surface area contributed by atoms with Gasteiger partial charge < -0.3 is 15.5 Å². The summed E-state index contributed by atoms with van der Waals surface area (Å²) in [4.78, 5) is 4.33. The fraction of sp³-hybridized carbons (Fsp3) is 0.571. The van der Waals surface area contributed by atoms with Crippen molar-refractivity contribution in [2.24, 2.45) is 11.7 Å². The SMILES string of the molecule is CC1CN(c2ccc(CN)c(Br)c2F)CC1N(C)C. The Kier molecular flexibility index (Phi) is 4.48. The molecule has 1 aliphatic rings. The molecule has 1 aliphatic heterocycles. The summed E-state index contributed by atoms with van der Waals surface area (Å²) >= 11 is 3.31. The Hall–Kier alpha value is -0.650. The second kappa shape index (κ2) is 5.77. The number of nitrogens with two attached hydrogens (primary N) is 1. The molecule has 0 aliphatic carbocycles. The number of hydrogen-bond donors (Lipinski definition) is 1. The summed E-state index contributed by atoms with van der Waals surface area (Å²) in [6.45, 7) is 4.30. The molecule has 1 aromatic rings. The van der Waals surface area contributed by atoms with E-state index in [1.165, 1.54) is 0 Å². The number of rotatable bonds is 3. The van der Waals surface area contributed by atoms with E-state index in [4.69, 9.17) is 5.73 Å². The zero-order chi connectivity index (χ0) is 14.2. The molecule has 1 aromatic carbocycles. The molecule has 5 heteroatoms. The largest absolute Gasteiger partial charge is 0.367 e. The predicted octanol–water partition coefficient (Wildman–Crippen LogP) is 2.43. The van der Waals surface area contributed by atoms with Gasteiger partial charge in [-0.1, -0.05) is 13.0 Å². The molecule has 19 heavy (non-hydrogen) atoms. The van der Waals surface area contributed by atoms with Crippen molar-refractivity contribution >= 4 is 21.6 Å². The van der Waals surface area contributed by atoms with Crippen LogP contribution in [0.25, 0.3) is 0 Å². The molecular weight excluding hydrogens is 309 g/mol. The van der Waals surface area contributed by atoms with Crippen LogP contribution in [0.1, 0.15) is 12.5 Å². The number of hydrogen-bond acceptors (Lipinski definition) is 3. The van der Waals surface area contributed by atoms with Crippen molar-refractivity contribution in [3.8, 4) is 0 Å². The van der Waals surface area contributed by atoms with Crippen LogP contribution in [0.3, 0.4) is 0 Å². The van der Waals surface area contributed by atoms with Gasteiger partial charge in [-0.15, -0.1) is 0 Å². The van der Waals surface area contributed by atoms with Crippen molar-refractivity contribution in [2.75, 3.05) is 32.1 Å². The number of halogens is 2. The highest BCUT2D eigenvalue weighted by Gasteiger charge is 2.32. The average molecular weight is 330 g/mol. The molecule has 0 spiro atoms. The summed E-state index contributed by atoms with van der Waals surface area (Å²) in [7, 11) is 4.16. The summed E-state index contributed by atoms with van der Waals surface area (Å²) in [5.74, 6) is 0.330. The van der Waals surface area contributed by atoms with E-state index in [-0.39, 0.29) is 5.82 Å². The fourth-order valence-corrected chi connectivity index (χ4v) is 3.30. The van der Waals surface area contributed by atoms with Gasteiger partial charge in [0.25, 0.3) is 0 Å². The predicted molar refractivity (Wildman–Crippen MR) is 80.8 cm³/mol. The molecule has 0 radical (unpaired) electrons. The molecule has 1 heterocycles. The highest BCUT2D eigenvalue weighted by Crippen LogP contribution is 2.33. The van der Waals surface area contributed by atoms with E-state index < -0.39 is 0 Å². The monoisotopic (exact) mass is 329 g/mol. The van der Waals surface area contributed by atoms with Gasteiger partial charge in [0.15, 0.2) is 5.82 Å². The van der Waals surface area contributed by atoms with Gasteiger partial charge in [0.1, 0.15) is 0 Å². The summed E-state index contributed by atoms with van der Waals surface area (Å²) in [5.41, 5.74) is 7.06. The normalized spacial score (nSPS) is 23.4. The van der Waals surface area contributed by atoms with Crippen molar-refractivity contribution in [1.29, 1.82) is 0 Å². The Labute approximate surface area is 122 Å². The molecule has 2 N–H and O–H groups in total. The quantitative estimate of drug-likeness (QED) is 0.924. The number of nitrogens with zero attached hydrogens (tertiary/aromatic N) is 2. The van der Waals surface area contributed by atoms with E-state index in [0.29, 0.717) is 28.7 Å². The molecule has 0 saturated carbocycles. The molecule has 2 atom stereocenters. The summed E-state index contributed by atoms with van der Waals surface area (Å²) in [5, 5.41) is 0. The van der Waals surface area contributed by atoms with Gasteiger partial charge in [-0.3, -0.25) is 0 Å². The van der Waals surface area contributed by atoms with E-state index in [1.807, 2.05) is 12.1 Å². The minimum Gasteiger partial charge on any atom is -0.367 e. The van der Waals surface area contributed by atoms with E-state index in [1.54, 1.807) is 0 Å². The van der Waals surface area contributed by atoms with Crippen LogP contribution in [0.5, 0.6) is 0 Å². The first-order valence-electron chi connectivity index (χ1n) is 6.54. The molecule has 3 nitrogen and oxygen atoms in total. The Balaban J connectivity index is 2.27. The summed E-state index contributed by atoms with van der Waals surface area (Å²) in [6, 6.07) is 4.20. The van der Waals surface area contributed by atoms with Crippen LogP contribution < -0.4 is 10.6 Å². The van der Waals surface area contributed by atoms with Crippen LogP contribution in [-0.2, 0) is 6.54 Å². The molecular formula is C14H21BrFN3. The minimum absolute atomic E-state index is 0.199. The molecule has 1 fully saturated rings. The highest BCUT2D eigenvalue weighted by atomic mass is 79.9. The Bertz CT molecular complexity index is 464. The summed E-state index contributed by atoms with van der Waals surface area (Å²) in [6.07, 6.45) is 0. The molecule has 1 saturated heterocycles. The van der Waals surface area contributed by atoms with Crippen LogP contribution in [0.2, 0.25) is 0 Å². The van der Waals surface area contributed by atoms with Crippen molar-refractivity contribution in [3.63, 3.8) is 0 Å². The Morgan fingerprint density at radius 2 is 2.11 bits per heavy atom. The van der Waals surface area contributed by atoms with Gasteiger partial charge in [0, 0.05) is 25.7 Å². The standard InChI is InChI=1S/C14H21BrFN3/c1-9-7-19(8-12(9)18(2)3)11-5-4-10(6-17)13(15)14(11)16/h4-5,9,12H,6-8,17H2,1-3H3. The van der Waals surface area contributed by atoms with Gasteiger partial charge in [-0.2, -0.15) is 0 Å². The molecule has 0 bridgehead atoms. The van der Waals surface area contributed by atoms with E-state index in [9.17, 15) is 4.39 Å². The van der Waals surface area contributed by atoms with Crippen molar-refractivity contribution in [1.82, 2.24) is 4.90 Å². The van der Waals surface area contributed by atoms with Crippen LogP contribution in [-0.4, -0.2) is 38.1 Å². The second-order valence-electron chi connectivity index (χ2n) is 5.49. The third-order valence-corrected chi connectivity index (χ3v) is 4.80. The van der Waals surface area contributed by atoms with Crippen LogP contribution in [0, 0.1) is 11.7 Å². The van der Waals surface area contributed by atoms with E-state index >= 15 is 0 Å². The lowest BCUT2D eigenvalue weighted by Crippen LogP contribution is -2.34. The molecule has 2 unspecified atom stereocenters. The maximum absolute atomic E-state index is 14.4. The van der Waals surface area contributed by atoms with E-state index in [2.05, 4.69) is 46.7 Å². The van der Waals surface area contributed by atoms with E-state index in [0.717, 1.165) is 18.7 Å². The van der Waals surface area contributed by atoms with Gasteiger partial charge in [0.05, 0.1) is 10.2 Å². The van der Waals surface area contributed by atoms with Crippen molar-refractivity contribution in [3.05, 3.63) is 28.0 Å². The average Bonchev–Trinajstić information content (AvgIpc) is 2.74. The number of likely N-dealkylation sites (N-methyl/N-ethyl adjacent to an activating group) is 1. The van der Waals surface area contributed by atoms with Crippen LogP contribution >= 0.6 is 15.9 Å². The number of benzene rings is 1. The highest BCUT2D eigenvalue weighted by molar-refractivity contribution is 9.10. The lowest BCUT2D eigenvalue weighted by atomic mass is 10.1. The van der Waals surface area contributed by atoms with Gasteiger partial charge in [-0.25, -0.2) is 4.39 Å². The first-order valence-corrected chi connectivity index (χ1v) is 7.33. The maximum atomic E-state index is 14.4. The lowest BCUT2D eigenvalue weighted by Gasteiger charge is -2.23. The molecule has 0 amide bonds. The lowest BCUT2D eigenvalue weighted by molar-refractivity contribution is 0.266. The smallest absolute Gasteiger partial charge is 0.160 e. The zero-order valence-corrected chi connectivity index (χ0v) is 13.2. The zero-order valence-electron chi connectivity index (χ0n) is 11.7. The number of anilines is 1. The molecule has 2 rings (SSSR count).